The topological polar surface area (TPSA) is 132 Å². The molecule has 2 N–H and O–H groups in total. The van der Waals surface area contributed by atoms with Crippen molar-refractivity contribution in [3.63, 3.8) is 0 Å². The van der Waals surface area contributed by atoms with Crippen LogP contribution in [0.3, 0.4) is 0 Å². The molecule has 12 nitrogen and oxygen atoms in total. The van der Waals surface area contributed by atoms with E-state index in [1.807, 2.05) is 59.5 Å². The monoisotopic (exact) mass is 790 g/mol. The molecule has 3 aromatic rings. The summed E-state index contributed by atoms with van der Waals surface area (Å²) < 4.78 is 0. The molecule has 0 aliphatic carbocycles. The summed E-state index contributed by atoms with van der Waals surface area (Å²) in [4.78, 5) is 61.5. The fraction of sp³-hybridized carbons (Fsp3) is 0.477. The highest BCUT2D eigenvalue weighted by Crippen LogP contribution is 2.46. The number of benzene rings is 3. The van der Waals surface area contributed by atoms with Gasteiger partial charge in [0.1, 0.15) is 12.1 Å². The Morgan fingerprint density at radius 2 is 1.67 bits per heavy atom. The van der Waals surface area contributed by atoms with Gasteiger partial charge in [-0.25, -0.2) is 0 Å². The molecule has 5 heterocycles. The van der Waals surface area contributed by atoms with Crippen LogP contribution in [0.2, 0.25) is 5.02 Å². The summed E-state index contributed by atoms with van der Waals surface area (Å²) in [6.45, 7) is 9.20. The standard InChI is InChI=1S/C44H51ClN8O4/c1-30-25-44(29-53(30)37-10-7-33(26-46)38(45)24-37)15-19-50(20-16-44)35-8-5-32(6-9-35)43(57)51-17-13-31(14-18-51)27-49-21-22-52(41(55)28-49)36-4-2-3-34(23-36)47-39-11-12-40(54)48-42(39)56/h2-10,23-24,30-31,39,47H,11-22,25,27-29H2,1H3,(H,48,54,56). The molecule has 0 bridgehead atoms. The molecule has 57 heavy (non-hydrogen) atoms. The SMILES string of the molecule is CC1CC2(CCN(c3ccc(C(=O)N4CCC(CN5CCN(c6cccc(NC7CCC(=O)NC7=O)c6)C(=O)C5)CC4)cc3)CC2)CN1c1ccc(C#N)c(Cl)c1. The minimum Gasteiger partial charge on any atom is -0.374 e. The van der Waals surface area contributed by atoms with Crippen molar-refractivity contribution in [1.29, 1.82) is 5.26 Å². The zero-order valence-electron chi connectivity index (χ0n) is 32.6. The Labute approximate surface area is 339 Å². The highest BCUT2D eigenvalue weighted by molar-refractivity contribution is 6.32. The number of halogens is 1. The fourth-order valence-corrected chi connectivity index (χ4v) is 9.88. The van der Waals surface area contributed by atoms with Crippen LogP contribution in [0.4, 0.5) is 22.7 Å². The second-order valence-corrected chi connectivity index (χ2v) is 17.1. The third-order valence-electron chi connectivity index (χ3n) is 12.9. The second kappa shape index (κ2) is 16.4. The highest BCUT2D eigenvalue weighted by atomic mass is 35.5. The summed E-state index contributed by atoms with van der Waals surface area (Å²) in [6.07, 6.45) is 5.92. The van der Waals surface area contributed by atoms with Crippen molar-refractivity contribution < 1.29 is 19.2 Å². The number of likely N-dealkylation sites (tertiary alicyclic amines) is 1. The van der Waals surface area contributed by atoms with E-state index < -0.39 is 6.04 Å². The molecule has 13 heteroatoms. The molecular weight excluding hydrogens is 740 g/mol. The van der Waals surface area contributed by atoms with Gasteiger partial charge in [0, 0.05) is 93.1 Å². The van der Waals surface area contributed by atoms with Crippen LogP contribution in [-0.2, 0) is 14.4 Å². The average molecular weight is 791 g/mol. The number of hydrogen-bond acceptors (Lipinski definition) is 9. The third kappa shape index (κ3) is 8.46. The zero-order valence-corrected chi connectivity index (χ0v) is 33.3. The predicted molar refractivity (Wildman–Crippen MR) is 222 cm³/mol. The molecule has 0 aromatic heterocycles. The van der Waals surface area contributed by atoms with Gasteiger partial charge in [-0.05, 0) is 117 Å². The van der Waals surface area contributed by atoms with Gasteiger partial charge in [-0.2, -0.15) is 5.26 Å². The second-order valence-electron chi connectivity index (χ2n) is 16.7. The van der Waals surface area contributed by atoms with Crippen LogP contribution >= 0.6 is 11.6 Å². The number of piperidine rings is 3. The number of carbonyl (C=O) groups excluding carboxylic acids is 4. The average Bonchev–Trinajstić information content (AvgIpc) is 3.54. The van der Waals surface area contributed by atoms with Gasteiger partial charge < -0.3 is 24.9 Å². The van der Waals surface area contributed by atoms with Crippen molar-refractivity contribution in [2.24, 2.45) is 11.3 Å². The van der Waals surface area contributed by atoms with Crippen molar-refractivity contribution in [1.82, 2.24) is 15.1 Å². The Kier molecular flexibility index (Phi) is 11.1. The summed E-state index contributed by atoms with van der Waals surface area (Å²) in [6, 6.07) is 23.6. The van der Waals surface area contributed by atoms with Gasteiger partial charge in [0.15, 0.2) is 0 Å². The van der Waals surface area contributed by atoms with E-state index in [9.17, 15) is 24.4 Å². The number of anilines is 4. The molecule has 5 fully saturated rings. The first-order chi connectivity index (χ1) is 27.6. The molecule has 4 amide bonds. The molecule has 5 aliphatic rings. The van der Waals surface area contributed by atoms with E-state index in [-0.39, 0.29) is 29.0 Å². The number of imide groups is 1. The summed E-state index contributed by atoms with van der Waals surface area (Å²) in [5, 5.41) is 15.4. The maximum absolute atomic E-state index is 13.6. The van der Waals surface area contributed by atoms with Crippen molar-refractivity contribution >= 4 is 58.0 Å². The maximum atomic E-state index is 13.6. The summed E-state index contributed by atoms with van der Waals surface area (Å²) >= 11 is 6.38. The minimum atomic E-state index is -0.481. The summed E-state index contributed by atoms with van der Waals surface area (Å²) in [5.41, 5.74) is 5.28. The quantitative estimate of drug-likeness (QED) is 0.284. The van der Waals surface area contributed by atoms with Crippen LogP contribution in [-0.4, -0.2) is 104 Å². The lowest BCUT2D eigenvalue weighted by Gasteiger charge is -2.40. The minimum absolute atomic E-state index is 0.0461. The highest BCUT2D eigenvalue weighted by Gasteiger charge is 2.44. The molecule has 0 saturated carbocycles. The molecule has 3 aromatic carbocycles. The first-order valence-corrected chi connectivity index (χ1v) is 20.8. The number of amides is 4. The van der Waals surface area contributed by atoms with Gasteiger partial charge in [0.25, 0.3) is 5.91 Å². The summed E-state index contributed by atoms with van der Waals surface area (Å²) in [7, 11) is 0. The molecule has 5 saturated heterocycles. The zero-order chi connectivity index (χ0) is 39.7. The molecule has 5 aliphatic heterocycles. The Morgan fingerprint density at radius 1 is 0.912 bits per heavy atom. The Balaban J connectivity index is 0.775. The lowest BCUT2D eigenvalue weighted by molar-refractivity contribution is -0.133. The van der Waals surface area contributed by atoms with Crippen LogP contribution in [0.15, 0.2) is 66.7 Å². The number of nitrogens with zero attached hydrogens (tertiary/aromatic N) is 6. The van der Waals surface area contributed by atoms with Gasteiger partial charge in [0.2, 0.25) is 17.7 Å². The van der Waals surface area contributed by atoms with E-state index in [4.69, 9.17) is 11.6 Å². The first-order valence-electron chi connectivity index (χ1n) is 20.4. The van der Waals surface area contributed by atoms with E-state index in [1.54, 1.807) is 4.90 Å². The number of carbonyl (C=O) groups is 4. The Morgan fingerprint density at radius 3 is 2.37 bits per heavy atom. The van der Waals surface area contributed by atoms with Crippen molar-refractivity contribution in [2.45, 2.75) is 64.0 Å². The van der Waals surface area contributed by atoms with Crippen molar-refractivity contribution in [3.8, 4) is 6.07 Å². The Hall–Kier alpha value is -5.12. The van der Waals surface area contributed by atoms with Crippen LogP contribution in [0.25, 0.3) is 0 Å². The van der Waals surface area contributed by atoms with Crippen LogP contribution in [0.5, 0.6) is 0 Å². The van der Waals surface area contributed by atoms with Crippen LogP contribution < -0.4 is 25.3 Å². The summed E-state index contributed by atoms with van der Waals surface area (Å²) in [5.74, 6) is -0.0199. The molecular formula is C44H51ClN8O4. The van der Waals surface area contributed by atoms with E-state index >= 15 is 0 Å². The normalized spacial score (nSPS) is 23.1. The fourth-order valence-electron chi connectivity index (χ4n) is 9.67. The maximum Gasteiger partial charge on any atom is 0.253 e. The van der Waals surface area contributed by atoms with Gasteiger partial charge >= 0.3 is 0 Å². The van der Waals surface area contributed by atoms with Gasteiger partial charge in [-0.15, -0.1) is 0 Å². The van der Waals surface area contributed by atoms with Gasteiger partial charge in [-0.3, -0.25) is 29.4 Å². The van der Waals surface area contributed by atoms with Crippen molar-refractivity contribution in [2.75, 3.05) is 78.9 Å². The van der Waals surface area contributed by atoms with Crippen LogP contribution in [0, 0.1) is 22.7 Å². The molecule has 2 atom stereocenters. The van der Waals surface area contributed by atoms with Crippen LogP contribution in [0.1, 0.15) is 67.8 Å². The molecule has 298 valence electrons. The Bertz CT molecular complexity index is 2050. The number of rotatable bonds is 8. The lowest BCUT2D eigenvalue weighted by Crippen LogP contribution is -2.52. The molecule has 1 spiro atoms. The lowest BCUT2D eigenvalue weighted by atomic mass is 9.76. The van der Waals surface area contributed by atoms with Crippen molar-refractivity contribution in [3.05, 3.63) is 82.9 Å². The van der Waals surface area contributed by atoms with E-state index in [0.717, 1.165) is 93.1 Å². The van der Waals surface area contributed by atoms with Gasteiger partial charge in [-0.1, -0.05) is 17.7 Å². The largest absolute Gasteiger partial charge is 0.374 e. The van der Waals surface area contributed by atoms with E-state index in [2.05, 4.69) is 50.5 Å². The first kappa shape index (κ1) is 38.7. The van der Waals surface area contributed by atoms with E-state index in [0.29, 0.717) is 61.6 Å². The molecule has 0 radical (unpaired) electrons. The number of piperazine rings is 1. The van der Waals surface area contributed by atoms with Gasteiger partial charge in [0.05, 0.1) is 17.1 Å². The number of nitriles is 1. The third-order valence-corrected chi connectivity index (χ3v) is 13.2. The molecule has 8 rings (SSSR count). The smallest absolute Gasteiger partial charge is 0.253 e. The molecule has 2 unspecified atom stereocenters. The predicted octanol–water partition coefficient (Wildman–Crippen LogP) is 5.52. The van der Waals surface area contributed by atoms with E-state index in [1.165, 1.54) is 0 Å². The number of nitrogens with one attached hydrogen (secondary N) is 2. The number of hydrogen-bond donors (Lipinski definition) is 2.